The van der Waals surface area contributed by atoms with Gasteiger partial charge < -0.3 is 0 Å². The van der Waals surface area contributed by atoms with E-state index in [1.54, 1.807) is 12.1 Å². The van der Waals surface area contributed by atoms with Gasteiger partial charge in [0.05, 0.1) is 31.5 Å². The van der Waals surface area contributed by atoms with Gasteiger partial charge in [-0.2, -0.15) is 0 Å². The smallest absolute Gasteiger partial charge is 0.267 e. The number of halogens is 2. The SMILES string of the molecule is NS(=O)(=O)c1cccc(-n2cnc3c(Cl)ccc(Cl)c3c2=O)c1. The Bertz CT molecular complexity index is 1090. The van der Waals surface area contributed by atoms with Gasteiger partial charge in [0.2, 0.25) is 10.0 Å². The Morgan fingerprint density at radius 2 is 1.78 bits per heavy atom. The average Bonchev–Trinajstić information content (AvgIpc) is 2.50. The zero-order valence-electron chi connectivity index (χ0n) is 11.4. The summed E-state index contributed by atoms with van der Waals surface area (Å²) in [4.78, 5) is 16.7. The number of hydrogen-bond donors (Lipinski definition) is 1. The van der Waals surface area contributed by atoms with Gasteiger partial charge in [-0.3, -0.25) is 9.36 Å². The molecule has 3 aromatic rings. The molecule has 0 spiro atoms. The van der Waals surface area contributed by atoms with Crippen LogP contribution in [0.4, 0.5) is 0 Å². The summed E-state index contributed by atoms with van der Waals surface area (Å²) in [6.45, 7) is 0. The molecule has 0 aliphatic heterocycles. The molecule has 0 aliphatic rings. The lowest BCUT2D eigenvalue weighted by Gasteiger charge is -2.09. The molecule has 0 radical (unpaired) electrons. The highest BCUT2D eigenvalue weighted by molar-refractivity contribution is 7.89. The molecular formula is C14H9Cl2N3O3S. The van der Waals surface area contributed by atoms with Crippen molar-refractivity contribution in [3.63, 3.8) is 0 Å². The van der Waals surface area contributed by atoms with Crippen molar-refractivity contribution < 1.29 is 8.42 Å². The van der Waals surface area contributed by atoms with Crippen molar-refractivity contribution in [2.45, 2.75) is 4.90 Å². The Kier molecular flexibility index (Phi) is 3.89. The molecule has 3 rings (SSSR count). The summed E-state index contributed by atoms with van der Waals surface area (Å²) >= 11 is 12.1. The van der Waals surface area contributed by atoms with E-state index in [0.29, 0.717) is 10.7 Å². The second-order valence-electron chi connectivity index (χ2n) is 4.71. The van der Waals surface area contributed by atoms with Crippen LogP contribution in [-0.2, 0) is 10.0 Å². The zero-order valence-corrected chi connectivity index (χ0v) is 13.7. The number of benzene rings is 2. The van der Waals surface area contributed by atoms with Gasteiger partial charge in [-0.05, 0) is 30.3 Å². The Morgan fingerprint density at radius 1 is 1.09 bits per heavy atom. The van der Waals surface area contributed by atoms with Crippen LogP contribution in [0.5, 0.6) is 0 Å². The van der Waals surface area contributed by atoms with Crippen molar-refractivity contribution in [1.82, 2.24) is 9.55 Å². The minimum atomic E-state index is -3.89. The first-order valence-corrected chi connectivity index (χ1v) is 8.58. The number of rotatable bonds is 2. The first kappa shape index (κ1) is 15.9. The van der Waals surface area contributed by atoms with E-state index < -0.39 is 15.6 Å². The minimum Gasteiger partial charge on any atom is -0.268 e. The molecule has 1 heterocycles. The van der Waals surface area contributed by atoms with E-state index in [0.717, 1.165) is 0 Å². The van der Waals surface area contributed by atoms with Gasteiger partial charge in [-0.25, -0.2) is 18.5 Å². The van der Waals surface area contributed by atoms with Crippen LogP contribution >= 0.6 is 23.2 Å². The van der Waals surface area contributed by atoms with E-state index >= 15 is 0 Å². The van der Waals surface area contributed by atoms with E-state index in [4.69, 9.17) is 28.3 Å². The molecule has 0 bridgehead atoms. The largest absolute Gasteiger partial charge is 0.268 e. The Morgan fingerprint density at radius 3 is 2.48 bits per heavy atom. The van der Waals surface area contributed by atoms with Gasteiger partial charge >= 0.3 is 0 Å². The van der Waals surface area contributed by atoms with Crippen LogP contribution in [0, 0.1) is 0 Å². The highest BCUT2D eigenvalue weighted by Gasteiger charge is 2.14. The first-order valence-electron chi connectivity index (χ1n) is 6.27. The van der Waals surface area contributed by atoms with Crippen molar-refractivity contribution in [1.29, 1.82) is 0 Å². The topological polar surface area (TPSA) is 95.1 Å². The van der Waals surface area contributed by atoms with E-state index in [-0.39, 0.29) is 20.8 Å². The fraction of sp³-hybridized carbons (Fsp3) is 0. The van der Waals surface area contributed by atoms with Crippen LogP contribution in [0.3, 0.4) is 0 Å². The molecule has 0 aliphatic carbocycles. The van der Waals surface area contributed by atoms with Crippen molar-refractivity contribution >= 4 is 44.1 Å². The second-order valence-corrected chi connectivity index (χ2v) is 7.09. The Labute approximate surface area is 141 Å². The van der Waals surface area contributed by atoms with Gasteiger partial charge in [0.25, 0.3) is 5.56 Å². The third-order valence-electron chi connectivity index (χ3n) is 3.24. The van der Waals surface area contributed by atoms with Crippen LogP contribution in [-0.4, -0.2) is 18.0 Å². The van der Waals surface area contributed by atoms with Crippen LogP contribution in [0.25, 0.3) is 16.6 Å². The van der Waals surface area contributed by atoms with Crippen LogP contribution in [0.1, 0.15) is 0 Å². The second kappa shape index (κ2) is 5.61. The van der Waals surface area contributed by atoms with E-state index in [2.05, 4.69) is 4.98 Å². The lowest BCUT2D eigenvalue weighted by atomic mass is 10.2. The molecule has 0 unspecified atom stereocenters. The summed E-state index contributed by atoms with van der Waals surface area (Å²) in [6.07, 6.45) is 1.26. The highest BCUT2D eigenvalue weighted by Crippen LogP contribution is 2.25. The van der Waals surface area contributed by atoms with Gasteiger partial charge in [-0.1, -0.05) is 29.3 Å². The molecule has 0 atom stereocenters. The molecule has 2 N–H and O–H groups in total. The zero-order chi connectivity index (χ0) is 16.8. The van der Waals surface area contributed by atoms with Crippen molar-refractivity contribution in [3.05, 3.63) is 63.1 Å². The maximum atomic E-state index is 12.7. The summed E-state index contributed by atoms with van der Waals surface area (Å²) in [7, 11) is -3.89. The monoisotopic (exact) mass is 369 g/mol. The predicted molar refractivity (Wildman–Crippen MR) is 88.7 cm³/mol. The van der Waals surface area contributed by atoms with E-state index in [1.165, 1.54) is 35.2 Å². The van der Waals surface area contributed by atoms with Gasteiger partial charge in [0, 0.05) is 0 Å². The van der Waals surface area contributed by atoms with E-state index in [1.807, 2.05) is 0 Å². The summed E-state index contributed by atoms with van der Waals surface area (Å²) in [6, 6.07) is 8.70. The summed E-state index contributed by atoms with van der Waals surface area (Å²) in [5.41, 5.74) is 0.115. The molecule has 23 heavy (non-hydrogen) atoms. The first-order chi connectivity index (χ1) is 10.8. The number of aromatic nitrogens is 2. The van der Waals surface area contributed by atoms with Crippen molar-refractivity contribution in [2.24, 2.45) is 5.14 Å². The van der Waals surface area contributed by atoms with Crippen LogP contribution < -0.4 is 10.7 Å². The summed E-state index contributed by atoms with van der Waals surface area (Å²) in [5, 5.41) is 5.77. The van der Waals surface area contributed by atoms with Gasteiger partial charge in [0.15, 0.2) is 0 Å². The molecule has 0 fully saturated rings. The molecule has 0 amide bonds. The lowest BCUT2D eigenvalue weighted by Crippen LogP contribution is -2.20. The minimum absolute atomic E-state index is 0.112. The fourth-order valence-corrected chi connectivity index (χ4v) is 3.15. The van der Waals surface area contributed by atoms with E-state index in [9.17, 15) is 13.2 Å². The highest BCUT2D eigenvalue weighted by atomic mass is 35.5. The molecular weight excluding hydrogens is 361 g/mol. The van der Waals surface area contributed by atoms with Crippen LogP contribution in [0.2, 0.25) is 10.0 Å². The van der Waals surface area contributed by atoms with Crippen molar-refractivity contribution in [3.8, 4) is 5.69 Å². The number of primary sulfonamides is 1. The maximum absolute atomic E-state index is 12.7. The maximum Gasteiger partial charge on any atom is 0.267 e. The fourth-order valence-electron chi connectivity index (χ4n) is 2.15. The Hall–Kier alpha value is -1.93. The molecule has 2 aromatic carbocycles. The number of nitrogens with two attached hydrogens (primary N) is 1. The van der Waals surface area contributed by atoms with Gasteiger partial charge in [0.1, 0.15) is 6.33 Å². The normalized spacial score (nSPS) is 11.8. The number of sulfonamides is 1. The predicted octanol–water partition coefficient (Wildman–Crippen LogP) is 2.34. The average molecular weight is 370 g/mol. The van der Waals surface area contributed by atoms with Crippen molar-refractivity contribution in [2.75, 3.05) is 0 Å². The summed E-state index contributed by atoms with van der Waals surface area (Å²) in [5.74, 6) is 0. The Balaban J connectivity index is 2.33. The summed E-state index contributed by atoms with van der Waals surface area (Å²) < 4.78 is 24.1. The quantitative estimate of drug-likeness (QED) is 0.749. The molecule has 118 valence electrons. The number of hydrogen-bond acceptors (Lipinski definition) is 4. The lowest BCUT2D eigenvalue weighted by molar-refractivity contribution is 0.597. The van der Waals surface area contributed by atoms with Crippen LogP contribution in [0.15, 0.2) is 52.4 Å². The molecule has 6 nitrogen and oxygen atoms in total. The van der Waals surface area contributed by atoms with Gasteiger partial charge in [-0.15, -0.1) is 0 Å². The molecule has 0 saturated carbocycles. The third-order valence-corrected chi connectivity index (χ3v) is 4.77. The molecule has 1 aromatic heterocycles. The molecule has 0 saturated heterocycles. The third kappa shape index (κ3) is 2.84. The number of nitrogens with zero attached hydrogens (tertiary/aromatic N) is 2. The molecule has 9 heteroatoms. The number of fused-ring (bicyclic) bond motifs is 1. The standard InChI is InChI=1S/C14H9Cl2N3O3S/c15-10-4-5-11(16)13-12(10)14(20)19(7-18-13)8-2-1-3-9(6-8)23(17,21)22/h1-7H,(H2,17,21,22).